The molecule has 0 radical (unpaired) electrons. The van der Waals surface area contributed by atoms with E-state index >= 15 is 0 Å². The van der Waals surface area contributed by atoms with E-state index in [1.54, 1.807) is 0 Å². The molecule has 2 fully saturated rings. The number of amides is 1. The summed E-state index contributed by atoms with van der Waals surface area (Å²) in [7, 11) is 0. The smallest absolute Gasteiger partial charge is 0.240 e. The molecule has 0 aromatic rings. The Morgan fingerprint density at radius 2 is 1.61 bits per heavy atom. The fraction of sp³-hybridized carbons (Fsp3) is 0.933. The zero-order valence-corrected chi connectivity index (χ0v) is 12.3. The molecule has 0 aromatic carbocycles. The fourth-order valence-corrected chi connectivity index (χ4v) is 3.62. The molecule has 0 spiro atoms. The van der Waals surface area contributed by atoms with Gasteiger partial charge in [0.1, 0.15) is 0 Å². The van der Waals surface area contributed by atoms with Crippen molar-refractivity contribution in [1.82, 2.24) is 5.32 Å². The third-order valence-corrected chi connectivity index (χ3v) is 5.98. The predicted molar refractivity (Wildman–Crippen MR) is 74.1 cm³/mol. The number of rotatable bonds is 3. The van der Waals surface area contributed by atoms with Gasteiger partial charge in [-0.15, -0.1) is 0 Å². The molecule has 3 N–H and O–H groups in total. The summed E-state index contributed by atoms with van der Waals surface area (Å²) in [4.78, 5) is 12.2. The lowest BCUT2D eigenvalue weighted by Crippen LogP contribution is -2.55. The van der Waals surface area contributed by atoms with Crippen molar-refractivity contribution in [2.75, 3.05) is 6.54 Å². The van der Waals surface area contributed by atoms with Crippen molar-refractivity contribution in [3.8, 4) is 0 Å². The van der Waals surface area contributed by atoms with Gasteiger partial charge < -0.3 is 11.1 Å². The average molecular weight is 252 g/mol. The second-order valence-corrected chi connectivity index (χ2v) is 7.42. The Balaban J connectivity index is 1.86. The molecule has 18 heavy (non-hydrogen) atoms. The van der Waals surface area contributed by atoms with Gasteiger partial charge in [0.2, 0.25) is 5.91 Å². The predicted octanol–water partition coefficient (Wildman–Crippen LogP) is 2.45. The van der Waals surface area contributed by atoms with E-state index in [9.17, 15) is 4.79 Å². The van der Waals surface area contributed by atoms with Crippen LogP contribution in [0.1, 0.15) is 59.8 Å². The van der Waals surface area contributed by atoms with Gasteiger partial charge in [0.05, 0.1) is 5.54 Å². The number of carbonyl (C=O) groups is 1. The van der Waals surface area contributed by atoms with Crippen LogP contribution < -0.4 is 11.1 Å². The van der Waals surface area contributed by atoms with Crippen LogP contribution in [0.5, 0.6) is 0 Å². The van der Waals surface area contributed by atoms with Crippen LogP contribution in [-0.2, 0) is 4.79 Å². The van der Waals surface area contributed by atoms with Crippen molar-refractivity contribution in [3.63, 3.8) is 0 Å². The van der Waals surface area contributed by atoms with Crippen LogP contribution in [-0.4, -0.2) is 18.0 Å². The van der Waals surface area contributed by atoms with E-state index in [2.05, 4.69) is 33.0 Å². The summed E-state index contributed by atoms with van der Waals surface area (Å²) in [6, 6.07) is 0. The van der Waals surface area contributed by atoms with Crippen molar-refractivity contribution in [2.24, 2.45) is 22.5 Å². The highest BCUT2D eigenvalue weighted by atomic mass is 16.2. The summed E-state index contributed by atoms with van der Waals surface area (Å²) in [5.74, 6) is 0.641. The highest BCUT2D eigenvalue weighted by Crippen LogP contribution is 2.67. The number of hydrogen-bond donors (Lipinski definition) is 2. The lowest BCUT2D eigenvalue weighted by Gasteiger charge is -2.31. The summed E-state index contributed by atoms with van der Waals surface area (Å²) in [6.45, 7) is 9.90. The molecule has 3 heteroatoms. The Bertz CT molecular complexity index is 326. The first-order chi connectivity index (χ1) is 8.22. The molecular formula is C15H28N2O. The number of nitrogens with two attached hydrogens (primary N) is 1. The van der Waals surface area contributed by atoms with E-state index in [0.29, 0.717) is 16.7 Å². The minimum absolute atomic E-state index is 0.0701. The summed E-state index contributed by atoms with van der Waals surface area (Å²) >= 11 is 0. The van der Waals surface area contributed by atoms with Gasteiger partial charge in [0.25, 0.3) is 0 Å². The molecule has 0 saturated heterocycles. The Labute approximate surface area is 111 Å². The maximum Gasteiger partial charge on any atom is 0.240 e. The van der Waals surface area contributed by atoms with Gasteiger partial charge in [-0.05, 0) is 29.6 Å². The van der Waals surface area contributed by atoms with Gasteiger partial charge in [-0.2, -0.15) is 0 Å². The largest absolute Gasteiger partial charge is 0.354 e. The Morgan fingerprint density at radius 1 is 1.11 bits per heavy atom. The van der Waals surface area contributed by atoms with Gasteiger partial charge >= 0.3 is 0 Å². The van der Waals surface area contributed by atoms with E-state index in [1.165, 1.54) is 6.42 Å². The van der Waals surface area contributed by atoms with Crippen LogP contribution in [0.2, 0.25) is 0 Å². The van der Waals surface area contributed by atoms with Crippen LogP contribution in [0.4, 0.5) is 0 Å². The minimum atomic E-state index is -0.596. The van der Waals surface area contributed by atoms with Crippen molar-refractivity contribution >= 4 is 5.91 Å². The molecule has 0 aromatic heterocycles. The SMILES string of the molecule is CC1(C)C(CNC(=O)C2(N)CCCCC2)C1(C)C. The molecular weight excluding hydrogens is 224 g/mol. The van der Waals surface area contributed by atoms with Crippen molar-refractivity contribution in [2.45, 2.75) is 65.3 Å². The fourth-order valence-electron chi connectivity index (χ4n) is 3.62. The Morgan fingerprint density at radius 3 is 2.06 bits per heavy atom. The number of carbonyl (C=O) groups excluding carboxylic acids is 1. The quantitative estimate of drug-likeness (QED) is 0.810. The van der Waals surface area contributed by atoms with Crippen molar-refractivity contribution in [1.29, 1.82) is 0 Å². The van der Waals surface area contributed by atoms with Gasteiger partial charge in [0.15, 0.2) is 0 Å². The van der Waals surface area contributed by atoms with Gasteiger partial charge in [-0.1, -0.05) is 47.0 Å². The van der Waals surface area contributed by atoms with Crippen LogP contribution in [0.25, 0.3) is 0 Å². The molecule has 2 aliphatic rings. The maximum atomic E-state index is 12.2. The van der Waals surface area contributed by atoms with Crippen molar-refractivity contribution < 1.29 is 4.79 Å². The molecule has 0 unspecified atom stereocenters. The second kappa shape index (κ2) is 4.22. The van der Waals surface area contributed by atoms with Gasteiger partial charge in [-0.25, -0.2) is 0 Å². The molecule has 0 bridgehead atoms. The van der Waals surface area contributed by atoms with Crippen LogP contribution in [0, 0.1) is 16.7 Å². The summed E-state index contributed by atoms with van der Waals surface area (Å²) in [5.41, 5.74) is 6.29. The zero-order valence-electron chi connectivity index (χ0n) is 12.3. The van der Waals surface area contributed by atoms with Crippen molar-refractivity contribution in [3.05, 3.63) is 0 Å². The maximum absolute atomic E-state index is 12.2. The molecule has 104 valence electrons. The first kappa shape index (κ1) is 13.9. The third-order valence-electron chi connectivity index (χ3n) is 5.98. The minimum Gasteiger partial charge on any atom is -0.354 e. The molecule has 0 atom stereocenters. The molecule has 1 amide bonds. The monoisotopic (exact) mass is 252 g/mol. The molecule has 0 heterocycles. The molecule has 0 aliphatic heterocycles. The van der Waals surface area contributed by atoms with E-state index < -0.39 is 5.54 Å². The molecule has 3 nitrogen and oxygen atoms in total. The number of nitrogens with one attached hydrogen (secondary N) is 1. The Hall–Kier alpha value is -0.570. The second-order valence-electron chi connectivity index (χ2n) is 7.42. The lowest BCUT2D eigenvalue weighted by atomic mass is 9.82. The average Bonchev–Trinajstić information content (AvgIpc) is 2.67. The van der Waals surface area contributed by atoms with E-state index in [4.69, 9.17) is 5.73 Å². The standard InChI is InChI=1S/C15H28N2O/c1-13(2)11(14(13,3)4)10-17-12(18)15(16)8-6-5-7-9-15/h11H,5-10,16H2,1-4H3,(H,17,18). The van der Waals surface area contributed by atoms with Gasteiger partial charge in [0, 0.05) is 6.54 Å². The van der Waals surface area contributed by atoms with E-state index in [1.807, 2.05) is 0 Å². The zero-order chi connectivity index (χ0) is 13.6. The van der Waals surface area contributed by atoms with E-state index in [-0.39, 0.29) is 5.91 Å². The lowest BCUT2D eigenvalue weighted by molar-refractivity contribution is -0.127. The van der Waals surface area contributed by atoms with Crippen LogP contribution in [0.3, 0.4) is 0 Å². The molecule has 2 rings (SSSR count). The van der Waals surface area contributed by atoms with Crippen LogP contribution >= 0.6 is 0 Å². The van der Waals surface area contributed by atoms with Gasteiger partial charge in [-0.3, -0.25) is 4.79 Å². The first-order valence-electron chi connectivity index (χ1n) is 7.29. The highest BCUT2D eigenvalue weighted by Gasteiger charge is 2.64. The third kappa shape index (κ3) is 2.07. The highest BCUT2D eigenvalue weighted by molar-refractivity contribution is 5.86. The number of hydrogen-bond acceptors (Lipinski definition) is 2. The normalized spacial score (nSPS) is 28.7. The summed E-state index contributed by atoms with van der Waals surface area (Å²) in [5, 5.41) is 3.10. The molecule has 2 aliphatic carbocycles. The van der Waals surface area contributed by atoms with E-state index in [0.717, 1.165) is 32.2 Å². The summed E-state index contributed by atoms with van der Waals surface area (Å²) < 4.78 is 0. The Kier molecular flexibility index (Phi) is 3.25. The van der Waals surface area contributed by atoms with Crippen LogP contribution in [0.15, 0.2) is 0 Å². The first-order valence-corrected chi connectivity index (χ1v) is 7.29. The summed E-state index contributed by atoms with van der Waals surface area (Å²) in [6.07, 6.45) is 5.08. The molecule has 2 saturated carbocycles. The topological polar surface area (TPSA) is 55.1 Å².